The number of fused-ring (bicyclic) bond motifs is 4. The number of ether oxygens (including phenoxy) is 1. The molecule has 3 heterocycles. The molecule has 2 aliphatic rings. The maximum Gasteiger partial charge on any atom is 0.245 e. The van der Waals surface area contributed by atoms with Crippen molar-refractivity contribution in [1.82, 2.24) is 14.8 Å². The van der Waals surface area contributed by atoms with Crippen LogP contribution in [0, 0.1) is 0 Å². The molecule has 148 valence electrons. The van der Waals surface area contributed by atoms with Crippen molar-refractivity contribution in [2.45, 2.75) is 18.5 Å². The van der Waals surface area contributed by atoms with E-state index in [1.54, 1.807) is 30.1 Å². The number of phenolic OH excluding ortho intramolecular Hbond substituents is 1. The number of benzene rings is 2. The molecule has 2 N–H and O–H groups in total. The van der Waals surface area contributed by atoms with E-state index >= 15 is 0 Å². The van der Waals surface area contributed by atoms with E-state index in [4.69, 9.17) is 4.74 Å². The Hall–Kier alpha value is -3.48. The van der Waals surface area contributed by atoms with Gasteiger partial charge in [0, 0.05) is 30.1 Å². The SMILES string of the molecule is COc1cc([C@@H]2c3[nH]c4ccccc4c3CC3C(=O)N(C)CC(=O)N32)ccc1O. The van der Waals surface area contributed by atoms with Gasteiger partial charge in [0.2, 0.25) is 11.8 Å². The zero-order valence-electron chi connectivity index (χ0n) is 16.2. The number of aromatic amines is 1. The summed E-state index contributed by atoms with van der Waals surface area (Å²) in [5.74, 6) is 0.200. The Morgan fingerprint density at radius 2 is 1.97 bits per heavy atom. The van der Waals surface area contributed by atoms with Gasteiger partial charge in [-0.15, -0.1) is 0 Å². The summed E-state index contributed by atoms with van der Waals surface area (Å²) in [7, 11) is 3.16. The average molecular weight is 391 g/mol. The van der Waals surface area contributed by atoms with Gasteiger partial charge in [-0.1, -0.05) is 24.3 Å². The summed E-state index contributed by atoms with van der Waals surface area (Å²) in [6, 6.07) is 12.0. The number of hydrogen-bond acceptors (Lipinski definition) is 4. The van der Waals surface area contributed by atoms with E-state index in [0.29, 0.717) is 12.2 Å². The highest BCUT2D eigenvalue weighted by atomic mass is 16.5. The molecule has 0 aliphatic carbocycles. The highest BCUT2D eigenvalue weighted by Crippen LogP contribution is 2.43. The van der Waals surface area contributed by atoms with E-state index in [-0.39, 0.29) is 24.1 Å². The van der Waals surface area contributed by atoms with Crippen molar-refractivity contribution in [3.63, 3.8) is 0 Å². The molecule has 0 radical (unpaired) electrons. The number of amides is 2. The van der Waals surface area contributed by atoms with Crippen LogP contribution in [0.3, 0.4) is 0 Å². The van der Waals surface area contributed by atoms with Crippen LogP contribution >= 0.6 is 0 Å². The first-order valence-electron chi connectivity index (χ1n) is 9.52. The third-order valence-corrected chi connectivity index (χ3v) is 5.97. The molecular formula is C22H21N3O4. The Kier molecular flexibility index (Phi) is 3.81. The van der Waals surface area contributed by atoms with E-state index in [0.717, 1.165) is 27.7 Å². The Labute approximate surface area is 167 Å². The maximum absolute atomic E-state index is 13.1. The number of nitrogens with zero attached hydrogens (tertiary/aromatic N) is 2. The van der Waals surface area contributed by atoms with E-state index in [1.807, 2.05) is 24.3 Å². The monoisotopic (exact) mass is 391 g/mol. The van der Waals surface area contributed by atoms with Crippen molar-refractivity contribution in [3.8, 4) is 11.5 Å². The highest BCUT2D eigenvalue weighted by Gasteiger charge is 2.47. The van der Waals surface area contributed by atoms with Gasteiger partial charge in [-0.2, -0.15) is 0 Å². The number of likely N-dealkylation sites (N-methyl/N-ethyl adjacent to an activating group) is 1. The molecule has 2 atom stereocenters. The summed E-state index contributed by atoms with van der Waals surface area (Å²) >= 11 is 0. The molecular weight excluding hydrogens is 370 g/mol. The molecule has 7 heteroatoms. The lowest BCUT2D eigenvalue weighted by atomic mass is 9.86. The van der Waals surface area contributed by atoms with Gasteiger partial charge < -0.3 is 24.6 Å². The van der Waals surface area contributed by atoms with Crippen LogP contribution in [-0.4, -0.2) is 58.4 Å². The Morgan fingerprint density at radius 3 is 2.76 bits per heavy atom. The number of aromatic nitrogens is 1. The van der Waals surface area contributed by atoms with Gasteiger partial charge in [-0.05, 0) is 29.3 Å². The molecule has 2 aromatic carbocycles. The van der Waals surface area contributed by atoms with Gasteiger partial charge in [-0.25, -0.2) is 0 Å². The Bertz CT molecular complexity index is 1150. The zero-order chi connectivity index (χ0) is 20.3. The number of aromatic hydroxyl groups is 1. The molecule has 1 unspecified atom stereocenters. The molecule has 0 bridgehead atoms. The van der Waals surface area contributed by atoms with E-state index in [2.05, 4.69) is 4.98 Å². The summed E-state index contributed by atoms with van der Waals surface area (Å²) in [5.41, 5.74) is 3.71. The fourth-order valence-corrected chi connectivity index (χ4v) is 4.62. The summed E-state index contributed by atoms with van der Waals surface area (Å²) in [5, 5.41) is 11.1. The van der Waals surface area contributed by atoms with E-state index < -0.39 is 12.1 Å². The fraction of sp³-hybridized carbons (Fsp3) is 0.273. The van der Waals surface area contributed by atoms with Crippen LogP contribution in [0.25, 0.3) is 10.9 Å². The second-order valence-electron chi connectivity index (χ2n) is 7.61. The minimum Gasteiger partial charge on any atom is -0.504 e. The molecule has 1 fully saturated rings. The summed E-state index contributed by atoms with van der Waals surface area (Å²) in [4.78, 5) is 32.7. The average Bonchev–Trinajstić information content (AvgIpc) is 3.09. The van der Waals surface area contributed by atoms with Crippen molar-refractivity contribution in [2.24, 2.45) is 0 Å². The lowest BCUT2D eigenvalue weighted by Gasteiger charge is -2.46. The predicted molar refractivity (Wildman–Crippen MR) is 107 cm³/mol. The molecule has 29 heavy (non-hydrogen) atoms. The van der Waals surface area contributed by atoms with Crippen molar-refractivity contribution in [1.29, 1.82) is 0 Å². The predicted octanol–water partition coefficient (Wildman–Crippen LogP) is 2.20. The number of methoxy groups -OCH3 is 1. The van der Waals surface area contributed by atoms with Crippen LogP contribution < -0.4 is 4.74 Å². The Balaban J connectivity index is 1.76. The topological polar surface area (TPSA) is 85.9 Å². The number of para-hydroxylation sites is 1. The molecule has 2 aliphatic heterocycles. The number of nitrogens with one attached hydrogen (secondary N) is 1. The molecule has 0 saturated carbocycles. The van der Waals surface area contributed by atoms with Gasteiger partial charge >= 0.3 is 0 Å². The van der Waals surface area contributed by atoms with Gasteiger partial charge in [0.05, 0.1) is 19.7 Å². The third-order valence-electron chi connectivity index (χ3n) is 5.97. The molecule has 1 saturated heterocycles. The van der Waals surface area contributed by atoms with Gasteiger partial charge in [-0.3, -0.25) is 9.59 Å². The van der Waals surface area contributed by atoms with Gasteiger partial charge in [0.25, 0.3) is 0 Å². The zero-order valence-corrected chi connectivity index (χ0v) is 16.2. The number of hydrogen-bond donors (Lipinski definition) is 2. The first kappa shape index (κ1) is 17.6. The largest absolute Gasteiger partial charge is 0.504 e. The Morgan fingerprint density at radius 1 is 1.17 bits per heavy atom. The number of H-pyrrole nitrogens is 1. The summed E-state index contributed by atoms with van der Waals surface area (Å²) < 4.78 is 5.29. The first-order valence-corrected chi connectivity index (χ1v) is 9.52. The molecule has 1 aromatic heterocycles. The van der Waals surface area contributed by atoms with Gasteiger partial charge in [0.1, 0.15) is 6.04 Å². The van der Waals surface area contributed by atoms with Crippen molar-refractivity contribution >= 4 is 22.7 Å². The van der Waals surface area contributed by atoms with E-state index in [9.17, 15) is 14.7 Å². The van der Waals surface area contributed by atoms with Crippen LogP contribution in [0.4, 0.5) is 0 Å². The standard InChI is InChI=1S/C22H21N3O4/c1-24-11-19(27)25-16(22(24)28)10-14-13-5-3-4-6-15(13)23-20(14)21(25)12-7-8-17(26)18(9-12)29-2/h3-9,16,21,23,26H,10-11H2,1-2H3/t16?,21-/m1/s1. The molecule has 5 rings (SSSR count). The quantitative estimate of drug-likeness (QED) is 0.701. The van der Waals surface area contributed by atoms with Crippen molar-refractivity contribution in [2.75, 3.05) is 20.7 Å². The van der Waals surface area contributed by atoms with Crippen molar-refractivity contribution < 1.29 is 19.4 Å². The summed E-state index contributed by atoms with van der Waals surface area (Å²) in [6.07, 6.45) is 0.472. The number of carbonyl (C=O) groups excluding carboxylic acids is 2. The molecule has 3 aromatic rings. The second kappa shape index (κ2) is 6.27. The van der Waals surface area contributed by atoms with Crippen LogP contribution in [0.5, 0.6) is 11.5 Å². The maximum atomic E-state index is 13.1. The van der Waals surface area contributed by atoms with E-state index in [1.165, 1.54) is 12.0 Å². The lowest BCUT2D eigenvalue weighted by molar-refractivity contribution is -0.157. The minimum atomic E-state index is -0.558. The third kappa shape index (κ3) is 2.50. The van der Waals surface area contributed by atoms with Crippen LogP contribution in [0.2, 0.25) is 0 Å². The fourth-order valence-electron chi connectivity index (χ4n) is 4.62. The number of phenols is 1. The second-order valence-corrected chi connectivity index (χ2v) is 7.61. The lowest BCUT2D eigenvalue weighted by Crippen LogP contribution is -2.62. The number of carbonyl (C=O) groups is 2. The highest BCUT2D eigenvalue weighted by molar-refractivity contribution is 5.97. The smallest absolute Gasteiger partial charge is 0.245 e. The molecule has 2 amide bonds. The minimum absolute atomic E-state index is 0.0289. The molecule has 0 spiro atoms. The number of piperazine rings is 1. The van der Waals surface area contributed by atoms with Crippen LogP contribution in [-0.2, 0) is 16.0 Å². The summed E-state index contributed by atoms with van der Waals surface area (Å²) in [6.45, 7) is 0.0522. The van der Waals surface area contributed by atoms with Crippen molar-refractivity contribution in [3.05, 3.63) is 59.3 Å². The van der Waals surface area contributed by atoms with Crippen LogP contribution in [0.15, 0.2) is 42.5 Å². The number of rotatable bonds is 2. The van der Waals surface area contributed by atoms with Gasteiger partial charge in [0.15, 0.2) is 11.5 Å². The first-order chi connectivity index (χ1) is 14.0. The normalized spacial score (nSPS) is 21.3. The van der Waals surface area contributed by atoms with Crippen LogP contribution in [0.1, 0.15) is 22.9 Å². The molecule has 7 nitrogen and oxygen atoms in total.